The van der Waals surface area contributed by atoms with E-state index in [0.29, 0.717) is 13.0 Å². The minimum Gasteiger partial charge on any atom is -0.396 e. The van der Waals surface area contributed by atoms with Crippen molar-refractivity contribution in [2.45, 2.75) is 57.9 Å². The van der Waals surface area contributed by atoms with E-state index in [0.717, 1.165) is 38.6 Å². The molecule has 5 heteroatoms. The molecule has 5 nitrogen and oxygen atoms in total. The number of nitrogens with one attached hydrogen (secondary N) is 1. The number of aliphatic hydroxyl groups is 1. The van der Waals surface area contributed by atoms with Crippen molar-refractivity contribution in [1.29, 1.82) is 0 Å². The Balaban J connectivity index is 1.72. The maximum Gasteiger partial charge on any atom is 0.224 e. The van der Waals surface area contributed by atoms with Gasteiger partial charge in [-0.15, -0.1) is 0 Å². The molecule has 1 aliphatic carbocycles. The predicted octanol–water partition coefficient (Wildman–Crippen LogP) is 1.30. The minimum absolute atomic E-state index is 0.0856. The summed E-state index contributed by atoms with van der Waals surface area (Å²) in [7, 11) is 0. The molecule has 2 unspecified atom stereocenters. The number of carbonyl (C=O) groups is 2. The summed E-state index contributed by atoms with van der Waals surface area (Å²) in [5, 5.41) is 12.1. The Hall–Kier alpha value is -1.10. The lowest BCUT2D eigenvalue weighted by Gasteiger charge is -2.24. The highest BCUT2D eigenvalue weighted by molar-refractivity contribution is 5.81. The summed E-state index contributed by atoms with van der Waals surface area (Å²) >= 11 is 0. The average Bonchev–Trinajstić information content (AvgIpc) is 2.97. The van der Waals surface area contributed by atoms with Crippen molar-refractivity contribution in [3.8, 4) is 0 Å². The van der Waals surface area contributed by atoms with Crippen LogP contribution >= 0.6 is 0 Å². The third-order valence-electron chi connectivity index (χ3n) is 4.74. The Bertz CT molecular complexity index is 367. The summed E-state index contributed by atoms with van der Waals surface area (Å²) in [5.41, 5.74) is 0. The Labute approximate surface area is 127 Å². The monoisotopic (exact) mass is 296 g/mol. The van der Waals surface area contributed by atoms with E-state index in [4.69, 9.17) is 5.11 Å². The number of amides is 2. The van der Waals surface area contributed by atoms with E-state index in [2.05, 4.69) is 5.32 Å². The molecule has 2 N–H and O–H groups in total. The molecule has 0 spiro atoms. The van der Waals surface area contributed by atoms with E-state index in [1.165, 1.54) is 6.42 Å². The lowest BCUT2D eigenvalue weighted by atomic mass is 9.88. The fourth-order valence-electron chi connectivity index (χ4n) is 3.38. The smallest absolute Gasteiger partial charge is 0.224 e. The van der Waals surface area contributed by atoms with Crippen molar-refractivity contribution in [1.82, 2.24) is 10.2 Å². The Morgan fingerprint density at radius 2 is 1.95 bits per heavy atom. The summed E-state index contributed by atoms with van der Waals surface area (Å²) in [6.45, 7) is 3.43. The van der Waals surface area contributed by atoms with Crippen LogP contribution in [0.3, 0.4) is 0 Å². The third-order valence-corrected chi connectivity index (χ3v) is 4.74. The second kappa shape index (κ2) is 7.78. The van der Waals surface area contributed by atoms with Crippen molar-refractivity contribution in [3.63, 3.8) is 0 Å². The Morgan fingerprint density at radius 1 is 1.24 bits per heavy atom. The van der Waals surface area contributed by atoms with E-state index in [-0.39, 0.29) is 36.3 Å². The van der Waals surface area contributed by atoms with Gasteiger partial charge in [0.05, 0.1) is 0 Å². The van der Waals surface area contributed by atoms with Gasteiger partial charge in [-0.25, -0.2) is 0 Å². The van der Waals surface area contributed by atoms with Gasteiger partial charge in [-0.1, -0.05) is 19.3 Å². The first-order valence-electron chi connectivity index (χ1n) is 8.29. The molecule has 2 rings (SSSR count). The van der Waals surface area contributed by atoms with Gasteiger partial charge in [0.25, 0.3) is 0 Å². The zero-order valence-electron chi connectivity index (χ0n) is 13.0. The number of hydrogen-bond acceptors (Lipinski definition) is 3. The van der Waals surface area contributed by atoms with Gasteiger partial charge in [0.15, 0.2) is 0 Å². The topological polar surface area (TPSA) is 69.6 Å². The Morgan fingerprint density at radius 3 is 2.57 bits per heavy atom. The first-order valence-corrected chi connectivity index (χ1v) is 8.29. The highest BCUT2D eigenvalue weighted by Crippen LogP contribution is 2.24. The molecule has 2 atom stereocenters. The number of hydrogen-bond donors (Lipinski definition) is 2. The van der Waals surface area contributed by atoms with Gasteiger partial charge in [0, 0.05) is 44.0 Å². The first kappa shape index (κ1) is 16.3. The molecule has 1 heterocycles. The summed E-state index contributed by atoms with van der Waals surface area (Å²) in [4.78, 5) is 26.1. The standard InChI is InChI=1S/C16H28N2O3/c1-12(17-16(21)14-5-3-2-4-6-14)9-15(20)18-8-7-13(10-18)11-19/h12-14,19H,2-11H2,1H3,(H,17,21). The zero-order chi connectivity index (χ0) is 15.2. The normalized spacial score (nSPS) is 24.9. The maximum absolute atomic E-state index is 12.2. The van der Waals surface area contributed by atoms with Gasteiger partial charge >= 0.3 is 0 Å². The van der Waals surface area contributed by atoms with Crippen LogP contribution in [-0.2, 0) is 9.59 Å². The van der Waals surface area contributed by atoms with Crippen molar-refractivity contribution in [2.75, 3.05) is 19.7 Å². The highest BCUT2D eigenvalue weighted by Gasteiger charge is 2.27. The van der Waals surface area contributed by atoms with E-state index in [1.54, 1.807) is 0 Å². The number of aliphatic hydroxyl groups excluding tert-OH is 1. The van der Waals surface area contributed by atoms with Crippen LogP contribution in [0, 0.1) is 11.8 Å². The second-order valence-corrected chi connectivity index (χ2v) is 6.63. The SMILES string of the molecule is CC(CC(=O)N1CCC(CO)C1)NC(=O)C1CCCCC1. The van der Waals surface area contributed by atoms with E-state index >= 15 is 0 Å². The predicted molar refractivity (Wildman–Crippen MR) is 80.6 cm³/mol. The molecule has 1 saturated carbocycles. The van der Waals surface area contributed by atoms with E-state index in [1.807, 2.05) is 11.8 Å². The van der Waals surface area contributed by atoms with Crippen LogP contribution in [0.15, 0.2) is 0 Å². The summed E-state index contributed by atoms with van der Waals surface area (Å²) < 4.78 is 0. The van der Waals surface area contributed by atoms with Crippen LogP contribution in [-0.4, -0.2) is 47.6 Å². The lowest BCUT2D eigenvalue weighted by Crippen LogP contribution is -2.41. The average molecular weight is 296 g/mol. The van der Waals surface area contributed by atoms with Gasteiger partial charge in [-0.2, -0.15) is 0 Å². The highest BCUT2D eigenvalue weighted by atomic mass is 16.3. The summed E-state index contributed by atoms with van der Waals surface area (Å²) in [6.07, 6.45) is 6.72. The fraction of sp³-hybridized carbons (Fsp3) is 0.875. The summed E-state index contributed by atoms with van der Waals surface area (Å²) in [6, 6.07) is -0.111. The molecule has 2 amide bonds. The van der Waals surface area contributed by atoms with Gasteiger partial charge in [-0.3, -0.25) is 9.59 Å². The quantitative estimate of drug-likeness (QED) is 0.803. The molecule has 0 bridgehead atoms. The van der Waals surface area contributed by atoms with Crippen LogP contribution in [0.4, 0.5) is 0 Å². The molecule has 2 aliphatic rings. The third kappa shape index (κ3) is 4.70. The molecule has 2 fully saturated rings. The van der Waals surface area contributed by atoms with E-state index < -0.39 is 0 Å². The molecule has 21 heavy (non-hydrogen) atoms. The van der Waals surface area contributed by atoms with E-state index in [9.17, 15) is 9.59 Å². The Kier molecular flexibility index (Phi) is 6.03. The van der Waals surface area contributed by atoms with Gasteiger partial charge in [-0.05, 0) is 26.2 Å². The molecule has 0 aromatic carbocycles. The molecular weight excluding hydrogens is 268 g/mol. The number of nitrogens with zero attached hydrogens (tertiary/aromatic N) is 1. The maximum atomic E-state index is 12.2. The van der Waals surface area contributed by atoms with Gasteiger partial charge in [0.2, 0.25) is 11.8 Å². The lowest BCUT2D eigenvalue weighted by molar-refractivity contribution is -0.131. The summed E-state index contributed by atoms with van der Waals surface area (Å²) in [5.74, 6) is 0.565. The molecule has 1 saturated heterocycles. The number of likely N-dealkylation sites (tertiary alicyclic amines) is 1. The molecule has 0 radical (unpaired) electrons. The van der Waals surface area contributed by atoms with Crippen molar-refractivity contribution < 1.29 is 14.7 Å². The van der Waals surface area contributed by atoms with Crippen molar-refractivity contribution in [2.24, 2.45) is 11.8 Å². The van der Waals surface area contributed by atoms with Crippen LogP contribution < -0.4 is 5.32 Å². The molecule has 0 aromatic rings. The second-order valence-electron chi connectivity index (χ2n) is 6.63. The largest absolute Gasteiger partial charge is 0.396 e. The molecule has 1 aliphatic heterocycles. The fourth-order valence-corrected chi connectivity index (χ4v) is 3.38. The van der Waals surface area contributed by atoms with Gasteiger partial charge < -0.3 is 15.3 Å². The molecular formula is C16H28N2O3. The van der Waals surface area contributed by atoms with Crippen LogP contribution in [0.2, 0.25) is 0 Å². The zero-order valence-corrected chi connectivity index (χ0v) is 13.0. The van der Waals surface area contributed by atoms with Crippen LogP contribution in [0.25, 0.3) is 0 Å². The van der Waals surface area contributed by atoms with Crippen LogP contribution in [0.5, 0.6) is 0 Å². The van der Waals surface area contributed by atoms with Crippen molar-refractivity contribution in [3.05, 3.63) is 0 Å². The molecule has 0 aromatic heterocycles. The first-order chi connectivity index (χ1) is 10.1. The molecule has 120 valence electrons. The minimum atomic E-state index is -0.111. The van der Waals surface area contributed by atoms with Gasteiger partial charge in [0.1, 0.15) is 0 Å². The van der Waals surface area contributed by atoms with Crippen LogP contribution in [0.1, 0.15) is 51.9 Å². The number of rotatable bonds is 5. The number of carbonyl (C=O) groups excluding carboxylic acids is 2. The van der Waals surface area contributed by atoms with Crippen molar-refractivity contribution >= 4 is 11.8 Å².